The Balaban J connectivity index is 0.00000520. The quantitative estimate of drug-likeness (QED) is 0.0592. The Morgan fingerprint density at radius 2 is 1.75 bits per heavy atom. The minimum Gasteiger partial charge on any atom is -0.726 e. The largest absolute Gasteiger partial charge is 1.00 e. The number of fused-ring (bicyclic) bond motifs is 5. The van der Waals surface area contributed by atoms with Crippen molar-refractivity contribution in [2.75, 3.05) is 20.3 Å². The predicted molar refractivity (Wildman–Crippen MR) is 166 cm³/mol. The zero-order chi connectivity index (χ0) is 34.7. The van der Waals surface area contributed by atoms with E-state index in [9.17, 15) is 43.6 Å². The van der Waals surface area contributed by atoms with E-state index in [1.165, 1.54) is 7.11 Å². The summed E-state index contributed by atoms with van der Waals surface area (Å²) in [5.41, 5.74) is -2.48. The van der Waals surface area contributed by atoms with Gasteiger partial charge < -0.3 is 49.4 Å². The smallest absolute Gasteiger partial charge is 0.726 e. The molecule has 0 radical (unpaired) electrons. The van der Waals surface area contributed by atoms with E-state index in [-0.39, 0.29) is 61.0 Å². The second kappa shape index (κ2) is 15.3. The molecule has 4 aliphatic carbocycles. The Hall–Kier alpha value is 0.250. The van der Waals surface area contributed by atoms with Crippen LogP contribution in [0, 0.1) is 40.4 Å². The van der Waals surface area contributed by atoms with Crippen molar-refractivity contribution < 1.29 is 91.6 Å². The molecule has 5 rings (SSSR count). The zero-order valence-electron chi connectivity index (χ0n) is 29.1. The Bertz CT molecular complexity index is 1250. The topological polar surface area (TPSA) is 216 Å². The molecule has 13 nitrogen and oxygen atoms in total. The van der Waals surface area contributed by atoms with E-state index >= 15 is 0 Å². The first-order chi connectivity index (χ1) is 21.9. The van der Waals surface area contributed by atoms with E-state index in [0.29, 0.717) is 37.7 Å². The maximum Gasteiger partial charge on any atom is 1.00 e. The summed E-state index contributed by atoms with van der Waals surface area (Å²) in [5.74, 6) is -1.83. The van der Waals surface area contributed by atoms with Crippen LogP contribution >= 0.6 is 0 Å². The first-order valence-corrected chi connectivity index (χ1v) is 18.5. The number of rotatable bonds is 11. The molecular weight excluding hydrogens is 659 g/mol. The third kappa shape index (κ3) is 7.38. The monoisotopic (exact) mass is 714 g/mol. The molecule has 1 heterocycles. The van der Waals surface area contributed by atoms with Gasteiger partial charge in [0, 0.05) is 26.1 Å². The van der Waals surface area contributed by atoms with E-state index in [4.69, 9.17) is 18.4 Å². The normalized spacial score (nSPS) is 47.2. The van der Waals surface area contributed by atoms with Crippen molar-refractivity contribution in [2.24, 2.45) is 40.4 Å². The molecule has 6 N–H and O–H groups in total. The van der Waals surface area contributed by atoms with Crippen LogP contribution in [-0.2, 0) is 28.8 Å². The van der Waals surface area contributed by atoms with Gasteiger partial charge in [-0.25, -0.2) is 8.42 Å². The molecule has 5 aliphatic rings. The summed E-state index contributed by atoms with van der Waals surface area (Å²) in [6.07, 6.45) is -2.56. The third-order valence-corrected chi connectivity index (χ3v) is 13.2. The molecule has 4 fully saturated rings. The summed E-state index contributed by atoms with van der Waals surface area (Å²) >= 11 is 0. The van der Waals surface area contributed by atoms with E-state index < -0.39 is 93.6 Å². The van der Waals surface area contributed by atoms with Crippen molar-refractivity contribution >= 4 is 10.4 Å². The van der Waals surface area contributed by atoms with Crippen LogP contribution in [0.5, 0.6) is 0 Å². The van der Waals surface area contributed by atoms with Crippen molar-refractivity contribution in [1.29, 1.82) is 0 Å². The van der Waals surface area contributed by atoms with Crippen molar-refractivity contribution in [2.45, 2.75) is 134 Å². The summed E-state index contributed by atoms with van der Waals surface area (Å²) in [7, 11) is -3.85. The second-order valence-electron chi connectivity index (χ2n) is 15.7. The molecule has 1 aliphatic heterocycles. The minimum absolute atomic E-state index is 0. The molecule has 0 aromatic heterocycles. The molecule has 0 amide bonds. The van der Waals surface area contributed by atoms with Crippen LogP contribution in [0.15, 0.2) is 11.6 Å². The first kappa shape index (κ1) is 41.0. The molecule has 1 unspecified atom stereocenters. The van der Waals surface area contributed by atoms with Gasteiger partial charge in [0.25, 0.3) is 0 Å². The van der Waals surface area contributed by atoms with Crippen molar-refractivity contribution in [3.05, 3.63) is 11.6 Å². The predicted octanol–water partition coefficient (Wildman–Crippen LogP) is -2.01. The fourth-order valence-corrected chi connectivity index (χ4v) is 11.2. The van der Waals surface area contributed by atoms with Gasteiger partial charge in [0.1, 0.15) is 24.4 Å². The van der Waals surface area contributed by atoms with Crippen LogP contribution < -0.4 is 29.6 Å². The summed E-state index contributed by atoms with van der Waals surface area (Å²) in [6, 6.07) is 0. The maximum absolute atomic E-state index is 12.8. The molecule has 0 bridgehead atoms. The molecule has 272 valence electrons. The van der Waals surface area contributed by atoms with Gasteiger partial charge in [0.2, 0.25) is 10.4 Å². The fraction of sp³-hybridized carbons (Fsp3) is 0.939. The average molecular weight is 715 g/mol. The van der Waals surface area contributed by atoms with E-state index in [2.05, 4.69) is 0 Å². The number of hydrogen-bond donors (Lipinski definition) is 6. The van der Waals surface area contributed by atoms with Gasteiger partial charge in [-0.2, -0.15) is 0 Å². The Morgan fingerprint density at radius 3 is 2.38 bits per heavy atom. The van der Waals surface area contributed by atoms with Crippen molar-refractivity contribution in [3.8, 4) is 0 Å². The number of aliphatic hydroxyl groups excluding tert-OH is 5. The van der Waals surface area contributed by atoms with Gasteiger partial charge in [-0.15, -0.1) is 0 Å². The molecule has 48 heavy (non-hydrogen) atoms. The van der Waals surface area contributed by atoms with Crippen LogP contribution in [0.25, 0.3) is 0 Å². The van der Waals surface area contributed by atoms with Gasteiger partial charge in [-0.1, -0.05) is 46.6 Å². The maximum atomic E-state index is 12.8. The van der Waals surface area contributed by atoms with Crippen LogP contribution in [0.3, 0.4) is 0 Å². The first-order valence-electron chi connectivity index (χ1n) is 17.1. The molecule has 16 atom stereocenters. The average Bonchev–Trinajstić information content (AvgIpc) is 3.20. The SMILES string of the molecule is CO[C@H]1C(O)[C@H](O)CO[C@H]1O[C@@H]1C=C2[C@H](O)C[C@@]3(O)[C@@H]4[C@@H](OS(=O)(=O)[O-])[C@H](O)[C@H]([C@H](C)CCC[C@H](C)CO)[C@@]4(C)CC[C@@H]3[C@@]2(C)CC1.[Na+]. The number of aliphatic hydroxyl groups is 6. The molecule has 0 aromatic carbocycles. The van der Waals surface area contributed by atoms with Crippen molar-refractivity contribution in [1.82, 2.24) is 0 Å². The molecule has 1 saturated heterocycles. The summed E-state index contributed by atoms with van der Waals surface area (Å²) < 4.78 is 58.5. The Labute approximate surface area is 306 Å². The van der Waals surface area contributed by atoms with Crippen LogP contribution in [0.2, 0.25) is 0 Å². The summed E-state index contributed by atoms with van der Waals surface area (Å²) in [6.45, 7) is 7.83. The van der Waals surface area contributed by atoms with Gasteiger partial charge in [-0.3, -0.25) is 4.18 Å². The van der Waals surface area contributed by atoms with Gasteiger partial charge in [0.05, 0.1) is 30.5 Å². The molecular formula is C33H55NaO13S. The number of methoxy groups -OCH3 is 1. The van der Waals surface area contributed by atoms with Crippen LogP contribution in [-0.4, -0.2) is 119 Å². The van der Waals surface area contributed by atoms with Gasteiger partial charge in [0.15, 0.2) is 6.29 Å². The standard InChI is InChI=1S/C33H56O13S.Na/c1-17(15-34)7-6-8-18(2)24-26(38)27(46-47(40,41)42)29-32(24,4)12-10-23-31(3)11-9-19(13-20(31)21(35)14-33(23,29)39)45-30-28(43-5)25(37)22(36)16-44-30;/h13,17-19,21-30,34-39H,6-12,14-16H2,1-5H3,(H,40,41,42);/q;+1/p-1/t17-,18+,19-,21+,22+,23+,24-,25?,26+,27-,28-,29+,30-,31-,32+,33-;/m0./s1. The Morgan fingerprint density at radius 1 is 1.06 bits per heavy atom. The van der Waals surface area contributed by atoms with E-state index in [1.54, 1.807) is 0 Å². The van der Waals surface area contributed by atoms with Gasteiger partial charge in [-0.05, 0) is 72.2 Å². The molecule has 15 heteroatoms. The summed E-state index contributed by atoms with van der Waals surface area (Å²) in [4.78, 5) is 0. The minimum atomic E-state index is -5.25. The van der Waals surface area contributed by atoms with Crippen molar-refractivity contribution in [3.63, 3.8) is 0 Å². The van der Waals surface area contributed by atoms with Crippen LogP contribution in [0.4, 0.5) is 0 Å². The van der Waals surface area contributed by atoms with E-state index in [0.717, 1.165) is 12.8 Å². The Kier molecular flexibility index (Phi) is 13.1. The molecule has 0 aromatic rings. The number of ether oxygens (including phenoxy) is 3. The third-order valence-electron chi connectivity index (χ3n) is 12.8. The van der Waals surface area contributed by atoms with Crippen LogP contribution in [0.1, 0.15) is 79.1 Å². The molecule has 0 spiro atoms. The van der Waals surface area contributed by atoms with Gasteiger partial charge >= 0.3 is 29.6 Å². The fourth-order valence-electron chi connectivity index (χ4n) is 10.7. The zero-order valence-corrected chi connectivity index (χ0v) is 31.9. The second-order valence-corrected chi connectivity index (χ2v) is 16.7. The van der Waals surface area contributed by atoms with E-state index in [1.807, 2.05) is 33.8 Å². The molecule has 3 saturated carbocycles. The summed E-state index contributed by atoms with van der Waals surface area (Å²) in [5, 5.41) is 66.1. The number of hydrogen-bond acceptors (Lipinski definition) is 13.